The van der Waals surface area contributed by atoms with Crippen molar-refractivity contribution in [2.24, 2.45) is 0 Å². The predicted octanol–water partition coefficient (Wildman–Crippen LogP) is 4.08. The molecule has 3 rings (SSSR count). The van der Waals surface area contributed by atoms with E-state index in [0.717, 1.165) is 36.1 Å². The van der Waals surface area contributed by atoms with E-state index in [1.54, 1.807) is 6.07 Å². The number of fused-ring (bicyclic) bond motifs is 1. The molecule has 0 bridgehead atoms. The van der Waals surface area contributed by atoms with Crippen LogP contribution in [0, 0.1) is 5.82 Å². The molecule has 1 aliphatic rings. The van der Waals surface area contributed by atoms with E-state index in [0.29, 0.717) is 5.02 Å². The van der Waals surface area contributed by atoms with Crippen LogP contribution in [0.25, 0.3) is 0 Å². The van der Waals surface area contributed by atoms with Crippen LogP contribution < -0.4 is 10.6 Å². The molecule has 138 valence electrons. The van der Waals surface area contributed by atoms with Gasteiger partial charge in [0.25, 0.3) is 0 Å². The van der Waals surface area contributed by atoms with Crippen LogP contribution in [0.2, 0.25) is 5.02 Å². The highest BCUT2D eigenvalue weighted by Crippen LogP contribution is 2.33. The van der Waals surface area contributed by atoms with Crippen molar-refractivity contribution < 1.29 is 17.6 Å². The van der Waals surface area contributed by atoms with Crippen molar-refractivity contribution in [3.05, 3.63) is 58.4 Å². The van der Waals surface area contributed by atoms with Gasteiger partial charge < -0.3 is 10.6 Å². The van der Waals surface area contributed by atoms with Crippen molar-refractivity contribution in [3.8, 4) is 0 Å². The van der Waals surface area contributed by atoms with Gasteiger partial charge in [-0.05, 0) is 54.3 Å². The van der Waals surface area contributed by atoms with Crippen molar-refractivity contribution >= 4 is 33.2 Å². The summed E-state index contributed by atoms with van der Waals surface area (Å²) in [7, 11) is -3.67. The highest BCUT2D eigenvalue weighted by Gasteiger charge is 2.25. The Labute approximate surface area is 156 Å². The summed E-state index contributed by atoms with van der Waals surface area (Å²) in [6.45, 7) is 1.46. The molecule has 1 unspecified atom stereocenters. The lowest BCUT2D eigenvalue weighted by Gasteiger charge is -2.16. The average molecular weight is 397 g/mol. The number of nitrogens with one attached hydrogen (secondary N) is 2. The standard InChI is InChI=1S/C18H18ClFN2O3S/c1-2-26(24,25)17-10-13(20)5-8-16(17)22-18(23)21-15-7-3-11-9-12(19)4-6-14(11)15/h4-6,8-10,15H,2-3,7H2,1H3,(H2,21,22,23). The van der Waals surface area contributed by atoms with Crippen molar-refractivity contribution in [2.75, 3.05) is 11.1 Å². The maximum absolute atomic E-state index is 13.5. The van der Waals surface area contributed by atoms with E-state index in [4.69, 9.17) is 11.6 Å². The number of aryl methyl sites for hydroxylation is 1. The van der Waals surface area contributed by atoms with E-state index in [-0.39, 0.29) is 22.4 Å². The van der Waals surface area contributed by atoms with E-state index in [1.807, 2.05) is 12.1 Å². The van der Waals surface area contributed by atoms with Gasteiger partial charge in [0.1, 0.15) is 5.82 Å². The van der Waals surface area contributed by atoms with Crippen LogP contribution in [0.15, 0.2) is 41.3 Å². The molecule has 0 fully saturated rings. The molecule has 0 saturated carbocycles. The Morgan fingerprint density at radius 2 is 2.04 bits per heavy atom. The Balaban J connectivity index is 1.78. The molecular formula is C18H18ClFN2O3S. The van der Waals surface area contributed by atoms with Gasteiger partial charge in [-0.3, -0.25) is 0 Å². The van der Waals surface area contributed by atoms with Gasteiger partial charge >= 0.3 is 6.03 Å². The maximum atomic E-state index is 13.5. The highest BCUT2D eigenvalue weighted by atomic mass is 35.5. The smallest absolute Gasteiger partial charge is 0.319 e. The minimum Gasteiger partial charge on any atom is -0.331 e. The first-order chi connectivity index (χ1) is 12.3. The fourth-order valence-electron chi connectivity index (χ4n) is 3.06. The van der Waals surface area contributed by atoms with Gasteiger partial charge in [-0.2, -0.15) is 0 Å². The molecule has 26 heavy (non-hydrogen) atoms. The van der Waals surface area contributed by atoms with Gasteiger partial charge in [-0.1, -0.05) is 24.6 Å². The minimum absolute atomic E-state index is 0.0556. The minimum atomic E-state index is -3.67. The first-order valence-electron chi connectivity index (χ1n) is 8.18. The summed E-state index contributed by atoms with van der Waals surface area (Å²) in [5, 5.41) is 6.01. The number of anilines is 1. The molecule has 2 aromatic rings. The number of rotatable bonds is 4. The Bertz CT molecular complexity index is 963. The molecular weight excluding hydrogens is 379 g/mol. The molecule has 2 N–H and O–H groups in total. The van der Waals surface area contributed by atoms with Gasteiger partial charge in [-0.15, -0.1) is 0 Å². The highest BCUT2D eigenvalue weighted by molar-refractivity contribution is 7.91. The number of amides is 2. The second-order valence-corrected chi connectivity index (χ2v) is 8.76. The zero-order chi connectivity index (χ0) is 18.9. The number of sulfone groups is 1. The Kier molecular flexibility index (Phi) is 5.20. The molecule has 0 aromatic heterocycles. The lowest BCUT2D eigenvalue weighted by atomic mass is 10.1. The van der Waals surface area contributed by atoms with Crippen LogP contribution in [0.5, 0.6) is 0 Å². The molecule has 0 heterocycles. The normalized spacial score (nSPS) is 16.2. The second-order valence-electron chi connectivity index (χ2n) is 6.08. The predicted molar refractivity (Wildman–Crippen MR) is 98.8 cm³/mol. The van der Waals surface area contributed by atoms with Crippen molar-refractivity contribution in [1.82, 2.24) is 5.32 Å². The molecule has 1 aliphatic carbocycles. The SMILES string of the molecule is CCS(=O)(=O)c1cc(F)ccc1NC(=O)NC1CCc2cc(Cl)ccc21. The van der Waals surface area contributed by atoms with E-state index in [2.05, 4.69) is 10.6 Å². The number of urea groups is 1. The zero-order valence-corrected chi connectivity index (χ0v) is 15.6. The van der Waals surface area contributed by atoms with Crippen LogP contribution in [0.3, 0.4) is 0 Å². The zero-order valence-electron chi connectivity index (χ0n) is 14.1. The summed E-state index contributed by atoms with van der Waals surface area (Å²) < 4.78 is 37.8. The Hall–Kier alpha value is -2.12. The third-order valence-corrected chi connectivity index (χ3v) is 6.40. The Morgan fingerprint density at radius 3 is 2.77 bits per heavy atom. The van der Waals surface area contributed by atoms with Crippen molar-refractivity contribution in [1.29, 1.82) is 0 Å². The van der Waals surface area contributed by atoms with Crippen LogP contribution in [-0.4, -0.2) is 20.2 Å². The number of carbonyl (C=O) groups excluding carboxylic acids is 1. The van der Waals surface area contributed by atoms with Gasteiger partial charge in [0.05, 0.1) is 22.4 Å². The number of hydrogen-bond acceptors (Lipinski definition) is 3. The quantitative estimate of drug-likeness (QED) is 0.817. The monoisotopic (exact) mass is 396 g/mol. The maximum Gasteiger partial charge on any atom is 0.319 e. The molecule has 2 aromatic carbocycles. The number of hydrogen-bond donors (Lipinski definition) is 2. The first kappa shape index (κ1) is 18.7. The largest absolute Gasteiger partial charge is 0.331 e. The third-order valence-electron chi connectivity index (χ3n) is 4.40. The van der Waals surface area contributed by atoms with Crippen LogP contribution in [0.1, 0.15) is 30.5 Å². The van der Waals surface area contributed by atoms with Gasteiger partial charge in [0.2, 0.25) is 0 Å². The molecule has 2 amide bonds. The molecule has 0 radical (unpaired) electrons. The summed E-state index contributed by atoms with van der Waals surface area (Å²) in [4.78, 5) is 12.1. The van der Waals surface area contributed by atoms with Gasteiger partial charge in [-0.25, -0.2) is 17.6 Å². The number of halogens is 2. The fourth-order valence-corrected chi connectivity index (χ4v) is 4.32. The summed E-state index contributed by atoms with van der Waals surface area (Å²) in [6.07, 6.45) is 1.53. The van der Waals surface area contributed by atoms with Crippen LogP contribution in [-0.2, 0) is 16.3 Å². The third kappa shape index (κ3) is 3.83. The Morgan fingerprint density at radius 1 is 1.27 bits per heavy atom. The molecule has 8 heteroatoms. The number of benzene rings is 2. The van der Waals surface area contributed by atoms with E-state index < -0.39 is 21.7 Å². The lowest BCUT2D eigenvalue weighted by molar-refractivity contribution is 0.248. The molecule has 5 nitrogen and oxygen atoms in total. The lowest BCUT2D eigenvalue weighted by Crippen LogP contribution is -2.32. The molecule has 0 saturated heterocycles. The summed E-state index contributed by atoms with van der Waals surface area (Å²) in [6, 6.07) is 8.07. The average Bonchev–Trinajstić information content (AvgIpc) is 2.98. The van der Waals surface area contributed by atoms with E-state index in [9.17, 15) is 17.6 Å². The van der Waals surface area contributed by atoms with Gasteiger partial charge in [0.15, 0.2) is 9.84 Å². The first-order valence-corrected chi connectivity index (χ1v) is 10.2. The van der Waals surface area contributed by atoms with Crippen molar-refractivity contribution in [2.45, 2.75) is 30.7 Å². The van der Waals surface area contributed by atoms with Crippen LogP contribution in [0.4, 0.5) is 14.9 Å². The summed E-state index contributed by atoms with van der Waals surface area (Å²) in [5.41, 5.74) is 2.13. The molecule has 0 aliphatic heterocycles. The topological polar surface area (TPSA) is 75.3 Å². The number of carbonyl (C=O) groups is 1. The van der Waals surface area contributed by atoms with Gasteiger partial charge in [0, 0.05) is 5.02 Å². The van der Waals surface area contributed by atoms with Crippen molar-refractivity contribution in [3.63, 3.8) is 0 Å². The van der Waals surface area contributed by atoms with E-state index in [1.165, 1.54) is 13.0 Å². The summed E-state index contributed by atoms with van der Waals surface area (Å²) in [5.74, 6) is -0.867. The molecule has 0 spiro atoms. The van der Waals surface area contributed by atoms with Crippen LogP contribution >= 0.6 is 11.6 Å². The summed E-state index contributed by atoms with van der Waals surface area (Å²) >= 11 is 5.98. The molecule has 1 atom stereocenters. The van der Waals surface area contributed by atoms with E-state index >= 15 is 0 Å². The fraction of sp³-hybridized carbons (Fsp3) is 0.278. The second kappa shape index (κ2) is 7.25.